The van der Waals surface area contributed by atoms with E-state index in [1.165, 1.54) is 41.8 Å². The maximum atomic E-state index is 12.0. The Bertz CT molecular complexity index is 521. The average Bonchev–Trinajstić information content (AvgIpc) is 2.31. The van der Waals surface area contributed by atoms with Crippen LogP contribution in [0.1, 0.15) is 17.3 Å². The Kier molecular flexibility index (Phi) is 4.25. The molecule has 0 saturated heterocycles. The zero-order valence-corrected chi connectivity index (χ0v) is 10.6. The summed E-state index contributed by atoms with van der Waals surface area (Å²) in [6.07, 6.45) is 1.44. The van der Waals surface area contributed by atoms with Gasteiger partial charge in [-0.1, -0.05) is 6.92 Å². The fourth-order valence-corrected chi connectivity index (χ4v) is 1.51. The van der Waals surface area contributed by atoms with E-state index in [0.29, 0.717) is 5.56 Å². The van der Waals surface area contributed by atoms with Gasteiger partial charge in [0.2, 0.25) is 5.56 Å². The van der Waals surface area contributed by atoms with Gasteiger partial charge in [0.15, 0.2) is 0 Å². The Balaban J connectivity index is 2.83. The molecule has 0 aromatic carbocycles. The van der Waals surface area contributed by atoms with Crippen LogP contribution in [0, 0.1) is 5.92 Å². The third-order valence-electron chi connectivity index (χ3n) is 2.65. The molecule has 1 aromatic rings. The molecule has 1 atom stereocenters. The monoisotopic (exact) mass is 252 g/mol. The zero-order chi connectivity index (χ0) is 13.9. The lowest BCUT2D eigenvalue weighted by molar-refractivity contribution is -0.141. The van der Waals surface area contributed by atoms with Crippen molar-refractivity contribution < 1.29 is 14.7 Å². The highest BCUT2D eigenvalue weighted by Crippen LogP contribution is 2.04. The van der Waals surface area contributed by atoms with Gasteiger partial charge in [0.1, 0.15) is 0 Å². The standard InChI is InChI=1S/C12H16N2O4/c1-8(12(17)18)6-14(3)11(16)9-4-5-10(15)13(2)7-9/h4-5,7-8H,6H2,1-3H3,(H,17,18). The summed E-state index contributed by atoms with van der Waals surface area (Å²) in [5, 5.41) is 8.78. The summed E-state index contributed by atoms with van der Waals surface area (Å²) < 4.78 is 1.31. The summed E-state index contributed by atoms with van der Waals surface area (Å²) >= 11 is 0. The summed E-state index contributed by atoms with van der Waals surface area (Å²) in [5.41, 5.74) is 0.158. The number of pyridine rings is 1. The van der Waals surface area contributed by atoms with E-state index in [1.807, 2.05) is 0 Å². The third-order valence-corrected chi connectivity index (χ3v) is 2.65. The summed E-state index contributed by atoms with van der Waals surface area (Å²) in [6, 6.07) is 2.74. The number of hydrogen-bond acceptors (Lipinski definition) is 3. The lowest BCUT2D eigenvalue weighted by atomic mass is 10.1. The van der Waals surface area contributed by atoms with Crippen LogP contribution in [-0.2, 0) is 11.8 Å². The lowest BCUT2D eigenvalue weighted by Gasteiger charge is -2.19. The van der Waals surface area contributed by atoms with E-state index in [4.69, 9.17) is 5.11 Å². The molecule has 1 aromatic heterocycles. The molecule has 0 saturated carbocycles. The minimum atomic E-state index is -0.949. The van der Waals surface area contributed by atoms with Gasteiger partial charge in [0.05, 0.1) is 11.5 Å². The van der Waals surface area contributed by atoms with E-state index in [2.05, 4.69) is 0 Å². The van der Waals surface area contributed by atoms with Crippen LogP contribution in [0.3, 0.4) is 0 Å². The quantitative estimate of drug-likeness (QED) is 0.829. The van der Waals surface area contributed by atoms with Gasteiger partial charge in [-0.05, 0) is 6.07 Å². The number of carboxylic acid groups (broad SMARTS) is 1. The fourth-order valence-electron chi connectivity index (χ4n) is 1.51. The second-order valence-electron chi connectivity index (χ2n) is 4.29. The number of carbonyl (C=O) groups is 2. The van der Waals surface area contributed by atoms with Crippen molar-refractivity contribution in [3.05, 3.63) is 34.2 Å². The van der Waals surface area contributed by atoms with Crippen molar-refractivity contribution in [2.75, 3.05) is 13.6 Å². The molecule has 1 amide bonds. The summed E-state index contributed by atoms with van der Waals surface area (Å²) in [6.45, 7) is 1.66. The molecule has 0 aliphatic carbocycles. The van der Waals surface area contributed by atoms with Crippen molar-refractivity contribution in [1.82, 2.24) is 9.47 Å². The average molecular weight is 252 g/mol. The number of amides is 1. The van der Waals surface area contributed by atoms with Crippen LogP contribution in [0.5, 0.6) is 0 Å². The van der Waals surface area contributed by atoms with Gasteiger partial charge >= 0.3 is 5.97 Å². The maximum absolute atomic E-state index is 12.0. The molecule has 1 N–H and O–H groups in total. The second kappa shape index (κ2) is 5.48. The van der Waals surface area contributed by atoms with Crippen LogP contribution in [0.4, 0.5) is 0 Å². The largest absolute Gasteiger partial charge is 0.481 e. The first-order chi connectivity index (χ1) is 8.32. The van der Waals surface area contributed by atoms with Crippen molar-refractivity contribution in [2.24, 2.45) is 13.0 Å². The summed E-state index contributed by atoms with van der Waals surface area (Å²) in [5.74, 6) is -1.89. The number of aromatic nitrogens is 1. The van der Waals surface area contributed by atoms with Crippen LogP contribution in [0.15, 0.2) is 23.1 Å². The van der Waals surface area contributed by atoms with E-state index in [1.54, 1.807) is 7.05 Å². The molecule has 1 rings (SSSR count). The molecule has 6 heteroatoms. The first-order valence-electron chi connectivity index (χ1n) is 5.48. The van der Waals surface area contributed by atoms with Gasteiger partial charge in [-0.3, -0.25) is 14.4 Å². The number of carboxylic acids is 1. The van der Waals surface area contributed by atoms with Gasteiger partial charge in [-0.2, -0.15) is 0 Å². The number of nitrogens with zero attached hydrogens (tertiary/aromatic N) is 2. The molecule has 6 nitrogen and oxygen atoms in total. The van der Waals surface area contributed by atoms with E-state index in [9.17, 15) is 14.4 Å². The van der Waals surface area contributed by atoms with Gasteiger partial charge in [-0.25, -0.2) is 0 Å². The van der Waals surface area contributed by atoms with Gasteiger partial charge in [0.25, 0.3) is 5.91 Å². The van der Waals surface area contributed by atoms with Crippen LogP contribution in [0.2, 0.25) is 0 Å². The molecule has 0 fully saturated rings. The van der Waals surface area contributed by atoms with Crippen LogP contribution < -0.4 is 5.56 Å². The number of hydrogen-bond donors (Lipinski definition) is 1. The predicted molar refractivity (Wildman–Crippen MR) is 65.4 cm³/mol. The lowest BCUT2D eigenvalue weighted by Crippen LogP contribution is -2.34. The fraction of sp³-hybridized carbons (Fsp3) is 0.417. The molecular weight excluding hydrogens is 236 g/mol. The molecule has 1 heterocycles. The Morgan fingerprint density at radius 3 is 2.56 bits per heavy atom. The second-order valence-corrected chi connectivity index (χ2v) is 4.29. The van der Waals surface area contributed by atoms with Crippen molar-refractivity contribution in [1.29, 1.82) is 0 Å². The van der Waals surface area contributed by atoms with Gasteiger partial charge < -0.3 is 14.6 Å². The molecular formula is C12H16N2O4. The topological polar surface area (TPSA) is 79.6 Å². The number of aliphatic carboxylic acids is 1. The highest BCUT2D eigenvalue weighted by atomic mass is 16.4. The minimum Gasteiger partial charge on any atom is -0.481 e. The van der Waals surface area contributed by atoms with Crippen LogP contribution in [0.25, 0.3) is 0 Å². The Morgan fingerprint density at radius 1 is 1.44 bits per heavy atom. The first-order valence-corrected chi connectivity index (χ1v) is 5.48. The molecule has 18 heavy (non-hydrogen) atoms. The highest BCUT2D eigenvalue weighted by Gasteiger charge is 2.18. The molecule has 0 bridgehead atoms. The van der Waals surface area contributed by atoms with Gasteiger partial charge in [0, 0.05) is 32.9 Å². The zero-order valence-electron chi connectivity index (χ0n) is 10.6. The number of rotatable bonds is 4. The normalized spacial score (nSPS) is 11.9. The van der Waals surface area contributed by atoms with Crippen molar-refractivity contribution >= 4 is 11.9 Å². The minimum absolute atomic E-state index is 0.122. The van der Waals surface area contributed by atoms with E-state index >= 15 is 0 Å². The van der Waals surface area contributed by atoms with Crippen LogP contribution >= 0.6 is 0 Å². The molecule has 0 aliphatic rings. The molecule has 98 valence electrons. The Morgan fingerprint density at radius 2 is 2.06 bits per heavy atom. The predicted octanol–water partition coefficient (Wildman–Crippen LogP) is 0.178. The van der Waals surface area contributed by atoms with Gasteiger partial charge in [-0.15, -0.1) is 0 Å². The molecule has 0 radical (unpaired) electrons. The van der Waals surface area contributed by atoms with E-state index in [-0.39, 0.29) is 18.0 Å². The van der Waals surface area contributed by atoms with Crippen LogP contribution in [-0.4, -0.2) is 40.0 Å². The Hall–Kier alpha value is -2.11. The first kappa shape index (κ1) is 14.0. The smallest absolute Gasteiger partial charge is 0.308 e. The summed E-state index contributed by atoms with van der Waals surface area (Å²) in [4.78, 5) is 35.2. The SMILES string of the molecule is CC(CN(C)C(=O)c1ccc(=O)n(C)c1)C(=O)O. The van der Waals surface area contributed by atoms with Crippen molar-refractivity contribution in [3.8, 4) is 0 Å². The van der Waals surface area contributed by atoms with Crippen molar-refractivity contribution in [2.45, 2.75) is 6.92 Å². The molecule has 0 aliphatic heterocycles. The summed E-state index contributed by atoms with van der Waals surface area (Å²) in [7, 11) is 3.09. The molecule has 1 unspecified atom stereocenters. The Labute approximate surface area is 104 Å². The number of aryl methyl sites for hydroxylation is 1. The van der Waals surface area contributed by atoms with E-state index < -0.39 is 11.9 Å². The van der Waals surface area contributed by atoms with Crippen molar-refractivity contribution in [3.63, 3.8) is 0 Å². The third kappa shape index (κ3) is 3.19. The highest BCUT2D eigenvalue weighted by molar-refractivity contribution is 5.93. The molecule has 0 spiro atoms. The van der Waals surface area contributed by atoms with E-state index in [0.717, 1.165) is 0 Å². The number of carbonyl (C=O) groups excluding carboxylic acids is 1. The maximum Gasteiger partial charge on any atom is 0.308 e.